The van der Waals surface area contributed by atoms with Gasteiger partial charge in [-0.2, -0.15) is 0 Å². The molecular weight excluding hydrogens is 358 g/mol. The van der Waals surface area contributed by atoms with Crippen LogP contribution < -0.4 is 11.1 Å². The van der Waals surface area contributed by atoms with E-state index in [2.05, 4.69) is 19.2 Å². The first-order valence-electron chi connectivity index (χ1n) is 9.68. The Kier molecular flexibility index (Phi) is 11.6. The molecule has 2 atom stereocenters. The largest absolute Gasteiger partial charge is 0.505 e. The highest BCUT2D eigenvalue weighted by molar-refractivity contribution is 6.03. The summed E-state index contributed by atoms with van der Waals surface area (Å²) in [6, 6.07) is 5.05. The molecule has 0 spiro atoms. The third-order valence-electron chi connectivity index (χ3n) is 3.97. The Morgan fingerprint density at radius 2 is 1.93 bits per heavy atom. The Bertz CT molecular complexity index is 672. The number of rotatable bonds is 6. The molecule has 1 aromatic carbocycles. The van der Waals surface area contributed by atoms with E-state index in [1.165, 1.54) is 29.9 Å². The van der Waals surface area contributed by atoms with E-state index < -0.39 is 6.10 Å². The fourth-order valence-corrected chi connectivity index (χ4v) is 2.33. The molecular formula is C21H35N3O4. The molecule has 1 aromatic rings. The number of nitrogens with one attached hydrogen (secondary N) is 1. The third-order valence-corrected chi connectivity index (χ3v) is 3.97. The average molecular weight is 394 g/mol. The second-order valence-corrected chi connectivity index (χ2v) is 6.54. The first kappa shape index (κ1) is 25.5. The maximum absolute atomic E-state index is 11.4. The molecule has 0 bridgehead atoms. The van der Waals surface area contributed by atoms with Crippen LogP contribution in [0.25, 0.3) is 0 Å². The molecule has 2 rings (SSSR count). The van der Waals surface area contributed by atoms with Crippen LogP contribution in [-0.4, -0.2) is 53.0 Å². The molecule has 0 saturated heterocycles. The number of nitrogens with two attached hydrogens (primary N) is 1. The van der Waals surface area contributed by atoms with E-state index in [4.69, 9.17) is 5.73 Å². The van der Waals surface area contributed by atoms with Gasteiger partial charge in [0.25, 0.3) is 5.91 Å². The number of ketones is 1. The smallest absolute Gasteiger partial charge is 0.257 e. The van der Waals surface area contributed by atoms with Gasteiger partial charge in [0.15, 0.2) is 17.6 Å². The number of hydrogen-bond donors (Lipinski definition) is 4. The Hall–Kier alpha value is -2.54. The lowest BCUT2D eigenvalue weighted by atomic mass is 9.99. The van der Waals surface area contributed by atoms with Gasteiger partial charge in [-0.3, -0.25) is 9.59 Å². The van der Waals surface area contributed by atoms with Crippen LogP contribution in [0.5, 0.6) is 5.75 Å². The van der Waals surface area contributed by atoms with E-state index in [1.807, 2.05) is 13.8 Å². The average Bonchev–Trinajstić information content (AvgIpc) is 2.69. The number of carbonyl (C=O) groups is 2. The predicted octanol–water partition coefficient (Wildman–Crippen LogP) is 2.68. The van der Waals surface area contributed by atoms with Crippen molar-refractivity contribution in [3.05, 3.63) is 35.5 Å². The molecule has 1 aliphatic rings. The van der Waals surface area contributed by atoms with E-state index in [-0.39, 0.29) is 28.7 Å². The number of aliphatic hydroxyl groups is 1. The van der Waals surface area contributed by atoms with E-state index in [0.717, 1.165) is 6.42 Å². The minimum atomic E-state index is -0.885. The van der Waals surface area contributed by atoms with Crippen molar-refractivity contribution in [2.75, 3.05) is 19.8 Å². The summed E-state index contributed by atoms with van der Waals surface area (Å²) in [6.45, 7) is 8.21. The molecule has 158 valence electrons. The molecule has 7 nitrogen and oxygen atoms in total. The van der Waals surface area contributed by atoms with Gasteiger partial charge in [-0.1, -0.05) is 39.7 Å². The van der Waals surface area contributed by atoms with Crippen LogP contribution in [0.1, 0.15) is 57.3 Å². The summed E-state index contributed by atoms with van der Waals surface area (Å²) in [6.07, 6.45) is 4.00. The normalized spacial score (nSPS) is 15.6. The van der Waals surface area contributed by atoms with Gasteiger partial charge in [0.2, 0.25) is 0 Å². The summed E-state index contributed by atoms with van der Waals surface area (Å²) in [4.78, 5) is 23.5. The van der Waals surface area contributed by atoms with Gasteiger partial charge in [0, 0.05) is 26.2 Å². The second kappa shape index (κ2) is 12.8. The number of aliphatic hydroxyl groups excluding tert-OH is 1. The van der Waals surface area contributed by atoms with Crippen molar-refractivity contribution in [3.8, 4) is 5.75 Å². The molecule has 0 saturated carbocycles. The Labute approximate surface area is 168 Å². The van der Waals surface area contributed by atoms with Crippen LogP contribution in [-0.2, 0) is 4.79 Å². The number of anilines is 1. The predicted molar refractivity (Wildman–Crippen MR) is 113 cm³/mol. The summed E-state index contributed by atoms with van der Waals surface area (Å²) in [5.41, 5.74) is 6.55. The van der Waals surface area contributed by atoms with Gasteiger partial charge in [-0.05, 0) is 25.5 Å². The van der Waals surface area contributed by atoms with Crippen molar-refractivity contribution in [3.63, 3.8) is 0 Å². The van der Waals surface area contributed by atoms with Crippen LogP contribution in [0.15, 0.2) is 30.0 Å². The molecule has 0 heterocycles. The number of nitrogens with zero attached hydrogens (tertiary/aromatic N) is 1. The molecule has 2 unspecified atom stereocenters. The van der Waals surface area contributed by atoms with E-state index >= 15 is 0 Å². The summed E-state index contributed by atoms with van der Waals surface area (Å²) in [5, 5.41) is 21.7. The van der Waals surface area contributed by atoms with Crippen molar-refractivity contribution in [1.82, 2.24) is 10.2 Å². The first-order chi connectivity index (χ1) is 13.2. The topological polar surface area (TPSA) is 116 Å². The third kappa shape index (κ3) is 7.60. The molecule has 28 heavy (non-hydrogen) atoms. The van der Waals surface area contributed by atoms with E-state index in [1.54, 1.807) is 26.2 Å². The van der Waals surface area contributed by atoms with Gasteiger partial charge >= 0.3 is 0 Å². The maximum atomic E-state index is 11.4. The van der Waals surface area contributed by atoms with Crippen molar-refractivity contribution >= 4 is 17.4 Å². The number of hydrogen-bond acceptors (Lipinski definition) is 6. The number of phenols is 1. The van der Waals surface area contributed by atoms with E-state index in [0.29, 0.717) is 11.7 Å². The zero-order chi connectivity index (χ0) is 21.9. The van der Waals surface area contributed by atoms with Gasteiger partial charge in [-0.15, -0.1) is 0 Å². The highest BCUT2D eigenvalue weighted by atomic mass is 16.3. The van der Waals surface area contributed by atoms with Crippen molar-refractivity contribution in [2.24, 2.45) is 0 Å². The molecule has 7 heteroatoms. The molecule has 0 fully saturated rings. The summed E-state index contributed by atoms with van der Waals surface area (Å²) < 4.78 is 0. The number of amides is 1. The van der Waals surface area contributed by atoms with Crippen LogP contribution in [0, 0.1) is 0 Å². The molecule has 0 aromatic heterocycles. The van der Waals surface area contributed by atoms with Gasteiger partial charge < -0.3 is 26.2 Å². The number of nitrogen functional groups attached to an aromatic ring is 1. The lowest BCUT2D eigenvalue weighted by molar-refractivity contribution is -0.123. The standard InChI is InChI=1S/C10H17NO2.C9H12N2O2.C2H6/c1-3-4-5-7(2)11-8-6-9(12)10(8)13;1-11(2)9(13)6-4-3-5-7(10)8(6)12;1-2/h6-7,10-11,13H,3-5H2,1-2H3;3-5,12H,10H2,1-2H3;1-2H3. The Morgan fingerprint density at radius 1 is 1.32 bits per heavy atom. The van der Waals surface area contributed by atoms with Gasteiger partial charge in [0.1, 0.15) is 0 Å². The van der Waals surface area contributed by atoms with Crippen molar-refractivity contribution < 1.29 is 19.8 Å². The lowest BCUT2D eigenvalue weighted by Gasteiger charge is -2.25. The van der Waals surface area contributed by atoms with Crippen molar-refractivity contribution in [1.29, 1.82) is 0 Å². The SMILES string of the molecule is CC.CCCCC(C)NC1=CC(=O)C1O.CN(C)C(=O)c1cccc(N)c1O. The maximum Gasteiger partial charge on any atom is 0.257 e. The minimum Gasteiger partial charge on any atom is -0.505 e. The van der Waals surface area contributed by atoms with Crippen LogP contribution >= 0.6 is 0 Å². The highest BCUT2D eigenvalue weighted by Crippen LogP contribution is 2.24. The number of carbonyl (C=O) groups excluding carboxylic acids is 2. The quantitative estimate of drug-likeness (QED) is 0.436. The molecule has 1 amide bonds. The van der Waals surface area contributed by atoms with Crippen LogP contribution in [0.2, 0.25) is 0 Å². The highest BCUT2D eigenvalue weighted by Gasteiger charge is 2.28. The number of unbranched alkanes of at least 4 members (excludes halogenated alkanes) is 1. The number of phenolic OH excluding ortho intramolecular Hbond substituents is 1. The first-order valence-corrected chi connectivity index (χ1v) is 9.68. The summed E-state index contributed by atoms with van der Waals surface area (Å²) in [5.74, 6) is -0.601. The second-order valence-electron chi connectivity index (χ2n) is 6.54. The zero-order valence-corrected chi connectivity index (χ0v) is 17.8. The Balaban J connectivity index is 0.000000478. The number of benzene rings is 1. The zero-order valence-electron chi connectivity index (χ0n) is 17.8. The minimum absolute atomic E-state index is 0.152. The van der Waals surface area contributed by atoms with Crippen molar-refractivity contribution in [2.45, 2.75) is 59.1 Å². The molecule has 0 radical (unpaired) electrons. The monoisotopic (exact) mass is 393 g/mol. The summed E-state index contributed by atoms with van der Waals surface area (Å²) in [7, 11) is 3.23. The van der Waals surface area contributed by atoms with Gasteiger partial charge in [-0.25, -0.2) is 0 Å². The fourth-order valence-electron chi connectivity index (χ4n) is 2.33. The fraction of sp³-hybridized carbons (Fsp3) is 0.524. The summed E-state index contributed by atoms with van der Waals surface area (Å²) >= 11 is 0. The Morgan fingerprint density at radius 3 is 2.39 bits per heavy atom. The number of para-hydroxylation sites is 1. The molecule has 1 aliphatic carbocycles. The van der Waals surface area contributed by atoms with Crippen LogP contribution in [0.4, 0.5) is 5.69 Å². The van der Waals surface area contributed by atoms with E-state index in [9.17, 15) is 19.8 Å². The number of aromatic hydroxyl groups is 1. The van der Waals surface area contributed by atoms with Crippen LogP contribution in [0.3, 0.4) is 0 Å². The molecule has 0 aliphatic heterocycles. The molecule has 5 N–H and O–H groups in total. The lowest BCUT2D eigenvalue weighted by Crippen LogP contribution is -2.41. The van der Waals surface area contributed by atoms with Gasteiger partial charge in [0.05, 0.1) is 16.9 Å².